The molecule has 48 heavy (non-hydrogen) atoms. The highest BCUT2D eigenvalue weighted by Crippen LogP contribution is 2.13. The van der Waals surface area contributed by atoms with Crippen LogP contribution in [0.2, 0.25) is 0 Å². The first-order valence-electron chi connectivity index (χ1n) is 21.0. The standard InChI is InChI=1S/C44H80N2O2/c1-3-5-7-9-11-13-15-17-19-21-23-25-27-29-31-33-41-46(44(47)48-43-37-40-45-38-35-36-39-45)42-34-32-30-28-26-24-22-20-18-16-14-12-10-8-6-4-2/h11-14,17-20H,3-10,15-16,21-43H2,1-2H3/b13-11-,14-12-,19-17-,20-18-. The van der Waals surface area contributed by atoms with Crippen LogP contribution < -0.4 is 0 Å². The molecule has 0 aliphatic carbocycles. The van der Waals surface area contributed by atoms with Crippen molar-refractivity contribution in [3.63, 3.8) is 0 Å². The Balaban J connectivity index is 2.15. The van der Waals surface area contributed by atoms with E-state index in [4.69, 9.17) is 4.74 Å². The van der Waals surface area contributed by atoms with Crippen LogP contribution in [0.3, 0.4) is 0 Å². The van der Waals surface area contributed by atoms with Gasteiger partial charge in [0.15, 0.2) is 0 Å². The van der Waals surface area contributed by atoms with Crippen LogP contribution in [-0.2, 0) is 4.74 Å². The summed E-state index contributed by atoms with van der Waals surface area (Å²) in [6, 6.07) is 0. The number of hydrogen-bond donors (Lipinski definition) is 0. The highest BCUT2D eigenvalue weighted by Gasteiger charge is 2.15. The molecular formula is C44H80N2O2. The molecule has 1 amide bonds. The molecule has 0 bridgehead atoms. The van der Waals surface area contributed by atoms with Crippen LogP contribution in [0.25, 0.3) is 0 Å². The van der Waals surface area contributed by atoms with Gasteiger partial charge in [0, 0.05) is 19.6 Å². The molecule has 4 nitrogen and oxygen atoms in total. The number of rotatable bonds is 34. The molecule has 0 unspecified atom stereocenters. The van der Waals surface area contributed by atoms with Gasteiger partial charge in [-0.3, -0.25) is 0 Å². The minimum absolute atomic E-state index is 0.0818. The van der Waals surface area contributed by atoms with Crippen molar-refractivity contribution >= 4 is 6.09 Å². The quantitative estimate of drug-likeness (QED) is 0.0505. The van der Waals surface area contributed by atoms with Crippen molar-refractivity contribution in [1.82, 2.24) is 9.80 Å². The normalized spacial score (nSPS) is 14.1. The van der Waals surface area contributed by atoms with Crippen LogP contribution in [0.5, 0.6) is 0 Å². The summed E-state index contributed by atoms with van der Waals surface area (Å²) in [5, 5.41) is 0. The molecule has 1 rings (SSSR count). The number of unbranched alkanes of at least 4 members (excludes halogenated alkanes) is 18. The summed E-state index contributed by atoms with van der Waals surface area (Å²) < 4.78 is 5.76. The van der Waals surface area contributed by atoms with Gasteiger partial charge in [-0.1, -0.05) is 140 Å². The lowest BCUT2D eigenvalue weighted by atomic mass is 10.1. The van der Waals surface area contributed by atoms with E-state index in [2.05, 4.69) is 67.4 Å². The van der Waals surface area contributed by atoms with E-state index in [0.29, 0.717) is 6.61 Å². The Labute approximate surface area is 299 Å². The molecule has 0 atom stereocenters. The predicted octanol–water partition coefficient (Wildman–Crippen LogP) is 13.5. The van der Waals surface area contributed by atoms with Crippen molar-refractivity contribution in [3.05, 3.63) is 48.6 Å². The van der Waals surface area contributed by atoms with Crippen molar-refractivity contribution in [2.45, 2.75) is 187 Å². The second-order valence-corrected chi connectivity index (χ2v) is 14.2. The zero-order chi connectivity index (χ0) is 34.4. The Morgan fingerprint density at radius 3 is 1.35 bits per heavy atom. The van der Waals surface area contributed by atoms with Crippen LogP contribution in [0.15, 0.2) is 48.6 Å². The molecule has 0 radical (unpaired) electrons. The van der Waals surface area contributed by atoms with Gasteiger partial charge in [-0.05, 0) is 109 Å². The zero-order valence-corrected chi connectivity index (χ0v) is 32.2. The third kappa shape index (κ3) is 30.3. The molecule has 0 spiro atoms. The van der Waals surface area contributed by atoms with E-state index in [1.54, 1.807) is 0 Å². The number of nitrogens with zero attached hydrogens (tertiary/aromatic N) is 2. The molecule has 0 aromatic carbocycles. The lowest BCUT2D eigenvalue weighted by molar-refractivity contribution is 0.0969. The maximum atomic E-state index is 13.0. The van der Waals surface area contributed by atoms with Gasteiger partial charge in [0.1, 0.15) is 0 Å². The summed E-state index contributed by atoms with van der Waals surface area (Å²) in [5.41, 5.74) is 0. The van der Waals surface area contributed by atoms with Gasteiger partial charge in [0.25, 0.3) is 0 Å². The van der Waals surface area contributed by atoms with Gasteiger partial charge >= 0.3 is 6.09 Å². The minimum Gasteiger partial charge on any atom is -0.449 e. The fraction of sp³-hybridized carbons (Fsp3) is 0.795. The number of allylic oxidation sites excluding steroid dienone is 8. The number of amides is 1. The first-order chi connectivity index (χ1) is 23.8. The Kier molecular flexibility index (Phi) is 33.6. The molecule has 4 heteroatoms. The topological polar surface area (TPSA) is 32.8 Å². The van der Waals surface area contributed by atoms with Gasteiger partial charge in [-0.2, -0.15) is 0 Å². The SMILES string of the molecule is CCCCC/C=C\C/C=C\CCCCCCCCN(CCCCCCCC/C=C\C/C=C\CCCCC)C(=O)OCCCN1CCCC1. The van der Waals surface area contributed by atoms with Crippen molar-refractivity contribution in [3.8, 4) is 0 Å². The van der Waals surface area contributed by atoms with Crippen LogP contribution in [-0.4, -0.2) is 55.2 Å². The lowest BCUT2D eigenvalue weighted by Crippen LogP contribution is -2.34. The summed E-state index contributed by atoms with van der Waals surface area (Å²) in [6.07, 6.45) is 52.1. The largest absolute Gasteiger partial charge is 0.449 e. The molecule has 0 aromatic heterocycles. The number of carbonyl (C=O) groups excluding carboxylic acids is 1. The number of hydrogen-bond acceptors (Lipinski definition) is 3. The van der Waals surface area contributed by atoms with E-state index < -0.39 is 0 Å². The van der Waals surface area contributed by atoms with E-state index in [9.17, 15) is 4.79 Å². The Morgan fingerprint density at radius 1 is 0.521 bits per heavy atom. The van der Waals surface area contributed by atoms with E-state index in [-0.39, 0.29) is 6.09 Å². The fourth-order valence-electron chi connectivity index (χ4n) is 6.42. The van der Waals surface area contributed by atoms with Gasteiger partial charge < -0.3 is 14.5 Å². The van der Waals surface area contributed by atoms with E-state index in [1.807, 2.05) is 4.90 Å². The first kappa shape index (κ1) is 44.2. The van der Waals surface area contributed by atoms with E-state index >= 15 is 0 Å². The molecule has 1 fully saturated rings. The molecule has 278 valence electrons. The maximum Gasteiger partial charge on any atom is 0.409 e. The van der Waals surface area contributed by atoms with Crippen LogP contribution >= 0.6 is 0 Å². The Bertz CT molecular complexity index is 748. The molecule has 0 N–H and O–H groups in total. The monoisotopic (exact) mass is 669 g/mol. The van der Waals surface area contributed by atoms with Gasteiger partial charge in [-0.15, -0.1) is 0 Å². The van der Waals surface area contributed by atoms with Crippen LogP contribution in [0.4, 0.5) is 4.79 Å². The highest BCUT2D eigenvalue weighted by atomic mass is 16.6. The summed E-state index contributed by atoms with van der Waals surface area (Å²) in [4.78, 5) is 17.5. The Morgan fingerprint density at radius 2 is 0.917 bits per heavy atom. The summed E-state index contributed by atoms with van der Waals surface area (Å²) in [6.45, 7) is 10.3. The molecule has 1 aliphatic heterocycles. The minimum atomic E-state index is -0.0818. The van der Waals surface area contributed by atoms with E-state index in [1.165, 1.54) is 154 Å². The predicted molar refractivity (Wildman–Crippen MR) is 212 cm³/mol. The number of carbonyl (C=O) groups is 1. The van der Waals surface area contributed by atoms with Crippen molar-refractivity contribution in [1.29, 1.82) is 0 Å². The highest BCUT2D eigenvalue weighted by molar-refractivity contribution is 5.67. The third-order valence-electron chi connectivity index (χ3n) is 9.56. The molecule has 0 aromatic rings. The van der Waals surface area contributed by atoms with Gasteiger partial charge in [-0.25, -0.2) is 4.79 Å². The smallest absolute Gasteiger partial charge is 0.409 e. The summed E-state index contributed by atoms with van der Waals surface area (Å²) in [7, 11) is 0. The summed E-state index contributed by atoms with van der Waals surface area (Å²) in [5.74, 6) is 0. The molecule has 1 heterocycles. The fourth-order valence-corrected chi connectivity index (χ4v) is 6.42. The van der Waals surface area contributed by atoms with Crippen LogP contribution in [0, 0.1) is 0 Å². The average Bonchev–Trinajstić information content (AvgIpc) is 3.62. The van der Waals surface area contributed by atoms with Gasteiger partial charge in [0.2, 0.25) is 0 Å². The second kappa shape index (κ2) is 36.5. The van der Waals surface area contributed by atoms with Crippen molar-refractivity contribution in [2.75, 3.05) is 39.3 Å². The zero-order valence-electron chi connectivity index (χ0n) is 32.2. The molecule has 0 saturated carbocycles. The summed E-state index contributed by atoms with van der Waals surface area (Å²) >= 11 is 0. The van der Waals surface area contributed by atoms with Crippen molar-refractivity contribution < 1.29 is 9.53 Å². The van der Waals surface area contributed by atoms with Crippen molar-refractivity contribution in [2.24, 2.45) is 0 Å². The average molecular weight is 669 g/mol. The maximum absolute atomic E-state index is 13.0. The third-order valence-corrected chi connectivity index (χ3v) is 9.56. The van der Waals surface area contributed by atoms with Crippen LogP contribution in [0.1, 0.15) is 187 Å². The lowest BCUT2D eigenvalue weighted by Gasteiger charge is -2.23. The van der Waals surface area contributed by atoms with E-state index in [0.717, 1.165) is 51.7 Å². The molecular weight excluding hydrogens is 588 g/mol. The van der Waals surface area contributed by atoms with Gasteiger partial charge in [0.05, 0.1) is 6.61 Å². The number of ether oxygens (including phenoxy) is 1. The second-order valence-electron chi connectivity index (χ2n) is 14.2. The Hall–Kier alpha value is -1.81. The first-order valence-corrected chi connectivity index (χ1v) is 21.0. The molecule has 1 saturated heterocycles. The molecule has 1 aliphatic rings. The number of likely N-dealkylation sites (tertiary alicyclic amines) is 1.